The molecule has 1 aliphatic heterocycles. The topological polar surface area (TPSA) is 88.2 Å². The molecular weight excluding hydrogens is 581 g/mol. The molecule has 1 atom stereocenters. The third kappa shape index (κ3) is 6.64. The fourth-order valence-electron chi connectivity index (χ4n) is 4.62. The van der Waals surface area contributed by atoms with Crippen molar-refractivity contribution in [3.05, 3.63) is 46.5 Å². The molecule has 1 aromatic heterocycles. The molecule has 0 radical (unpaired) electrons. The normalized spacial score (nSPS) is 16.6. The Labute approximate surface area is 235 Å². The minimum Gasteiger partial charge on any atom is -0.370 e. The Hall–Kier alpha value is -3.26. The summed E-state index contributed by atoms with van der Waals surface area (Å²) in [5.74, 6) is -2.15. The number of benzene rings is 2. The van der Waals surface area contributed by atoms with Gasteiger partial charge in [-0.05, 0) is 49.6 Å². The molecule has 0 saturated carbocycles. The van der Waals surface area contributed by atoms with Crippen LogP contribution in [0.3, 0.4) is 0 Å². The molecule has 1 amide bonds. The molecule has 1 unspecified atom stereocenters. The van der Waals surface area contributed by atoms with Crippen LogP contribution in [-0.4, -0.2) is 46.9 Å². The van der Waals surface area contributed by atoms with Crippen molar-refractivity contribution in [1.82, 2.24) is 14.9 Å². The van der Waals surface area contributed by atoms with Crippen molar-refractivity contribution in [3.8, 4) is 0 Å². The van der Waals surface area contributed by atoms with Crippen LogP contribution in [0.25, 0.3) is 11.0 Å². The summed E-state index contributed by atoms with van der Waals surface area (Å²) in [6.45, 7) is 0.153. The molecular formula is C26H28ClF7N6O. The number of hydrogen-bond donors (Lipinski definition) is 3. The molecule has 1 saturated heterocycles. The average molecular weight is 609 g/mol. The number of piperidine rings is 1. The molecule has 4 N–H and O–H groups in total. The summed E-state index contributed by atoms with van der Waals surface area (Å²) in [6.07, 6.45) is -9.14. The Kier molecular flexibility index (Phi) is 8.38. The van der Waals surface area contributed by atoms with E-state index in [-0.39, 0.29) is 54.7 Å². The Balaban J connectivity index is 1.61. The first-order valence-corrected chi connectivity index (χ1v) is 13.0. The first kappa shape index (κ1) is 30.7. The molecule has 2 heterocycles. The highest BCUT2D eigenvalue weighted by atomic mass is 35.5. The number of anilines is 3. The third-order valence-electron chi connectivity index (χ3n) is 7.13. The van der Waals surface area contributed by atoms with Gasteiger partial charge in [0.25, 0.3) is 0 Å². The van der Waals surface area contributed by atoms with Crippen LogP contribution in [-0.2, 0) is 24.6 Å². The first-order valence-electron chi connectivity index (χ1n) is 12.6. The number of nitrogens with two attached hydrogens (primary N) is 1. The zero-order valence-electron chi connectivity index (χ0n) is 22.1. The van der Waals surface area contributed by atoms with E-state index in [4.69, 9.17) is 17.3 Å². The number of carbonyl (C=O) groups is 1. The largest absolute Gasteiger partial charge is 0.418 e. The molecule has 15 heteroatoms. The lowest BCUT2D eigenvalue weighted by Crippen LogP contribution is -2.53. The van der Waals surface area contributed by atoms with E-state index < -0.39 is 42.0 Å². The van der Waals surface area contributed by atoms with E-state index >= 15 is 0 Å². The number of alkyl halides is 7. The van der Waals surface area contributed by atoms with Crippen molar-refractivity contribution >= 4 is 45.9 Å². The Morgan fingerprint density at radius 1 is 1.12 bits per heavy atom. The molecule has 4 rings (SSSR count). The Morgan fingerprint density at radius 2 is 1.78 bits per heavy atom. The molecule has 7 nitrogen and oxygen atoms in total. The predicted molar refractivity (Wildman–Crippen MR) is 142 cm³/mol. The average Bonchev–Trinajstić information content (AvgIpc) is 3.19. The van der Waals surface area contributed by atoms with Crippen LogP contribution in [0.5, 0.6) is 0 Å². The lowest BCUT2D eigenvalue weighted by molar-refractivity contribution is -0.179. The number of amides is 1. The van der Waals surface area contributed by atoms with E-state index in [0.29, 0.717) is 16.7 Å². The smallest absolute Gasteiger partial charge is 0.370 e. The highest BCUT2D eigenvalue weighted by Crippen LogP contribution is 2.40. The number of carbonyl (C=O) groups excluding carboxylic acids is 1. The lowest BCUT2D eigenvalue weighted by Gasteiger charge is -2.34. The van der Waals surface area contributed by atoms with E-state index in [0.717, 1.165) is 6.07 Å². The van der Waals surface area contributed by atoms with Gasteiger partial charge >= 0.3 is 12.4 Å². The molecule has 0 aliphatic carbocycles. The van der Waals surface area contributed by atoms with Crippen molar-refractivity contribution in [3.63, 3.8) is 0 Å². The number of fused-ring (bicyclic) bond motifs is 1. The zero-order chi connectivity index (χ0) is 30.3. The molecule has 1 aliphatic rings. The van der Waals surface area contributed by atoms with Crippen LogP contribution in [0.1, 0.15) is 30.9 Å². The standard InChI is InChI=1S/C26H28ClF7N6O/c1-24(35,13-28)22(41)36-12-14-3-4-16(26(32,33)34)18(9-14)37-23-38-19-10-17(27)20(11-21(19)39(23)2)40-7-5-15(6-8-40)25(29,30)31/h3-4,9-11,15H,5-8,12-13,35H2,1-2H3,(H,36,41)(H,37,38). The maximum Gasteiger partial charge on any atom is 0.418 e. The van der Waals surface area contributed by atoms with Crippen molar-refractivity contribution in [2.45, 2.75) is 44.2 Å². The number of nitrogens with one attached hydrogen (secondary N) is 2. The molecule has 0 bridgehead atoms. The number of nitrogens with zero attached hydrogens (tertiary/aromatic N) is 3. The van der Waals surface area contributed by atoms with Gasteiger partial charge in [-0.15, -0.1) is 0 Å². The van der Waals surface area contributed by atoms with Gasteiger partial charge in [-0.25, -0.2) is 9.37 Å². The summed E-state index contributed by atoms with van der Waals surface area (Å²) >= 11 is 6.44. The van der Waals surface area contributed by atoms with Crippen molar-refractivity contribution < 1.29 is 35.5 Å². The maximum atomic E-state index is 13.8. The molecule has 3 aromatic rings. The molecule has 224 valence electrons. The number of halogens is 8. The van der Waals surface area contributed by atoms with Crippen LogP contribution in [0, 0.1) is 5.92 Å². The van der Waals surface area contributed by atoms with Crippen molar-refractivity contribution in [2.75, 3.05) is 30.0 Å². The highest BCUT2D eigenvalue weighted by molar-refractivity contribution is 6.34. The van der Waals surface area contributed by atoms with Crippen LogP contribution in [0.4, 0.5) is 48.1 Å². The fourth-order valence-corrected chi connectivity index (χ4v) is 4.90. The molecule has 2 aromatic carbocycles. The molecule has 0 spiro atoms. The maximum absolute atomic E-state index is 13.8. The summed E-state index contributed by atoms with van der Waals surface area (Å²) in [4.78, 5) is 18.2. The van der Waals surface area contributed by atoms with E-state index in [1.54, 1.807) is 18.0 Å². The highest BCUT2D eigenvalue weighted by Gasteiger charge is 2.41. The summed E-state index contributed by atoms with van der Waals surface area (Å²) in [7, 11) is 1.57. The number of hydrogen-bond acceptors (Lipinski definition) is 5. The quantitative estimate of drug-likeness (QED) is 0.284. The lowest BCUT2D eigenvalue weighted by atomic mass is 9.96. The van der Waals surface area contributed by atoms with Gasteiger partial charge in [0, 0.05) is 26.7 Å². The monoisotopic (exact) mass is 608 g/mol. The zero-order valence-corrected chi connectivity index (χ0v) is 22.8. The Bertz CT molecular complexity index is 1430. The minimum absolute atomic E-state index is 0.0441. The van der Waals surface area contributed by atoms with Crippen LogP contribution in [0.15, 0.2) is 30.3 Å². The number of aromatic nitrogens is 2. The predicted octanol–water partition coefficient (Wildman–Crippen LogP) is 6.07. The summed E-state index contributed by atoms with van der Waals surface area (Å²) < 4.78 is 95.3. The first-order chi connectivity index (χ1) is 19.0. The van der Waals surface area contributed by atoms with Gasteiger partial charge in [0.2, 0.25) is 11.9 Å². The van der Waals surface area contributed by atoms with Gasteiger partial charge in [-0.3, -0.25) is 4.79 Å². The number of aryl methyl sites for hydroxylation is 1. The van der Waals surface area contributed by atoms with E-state index in [1.807, 2.05) is 0 Å². The van der Waals surface area contributed by atoms with Crippen LogP contribution >= 0.6 is 11.6 Å². The SMILES string of the molecule is Cn1c(Nc2cc(CNC(=O)C(C)(N)CF)ccc2C(F)(F)F)nc2cc(Cl)c(N3CCC(C(F)(F)F)CC3)cc21. The summed E-state index contributed by atoms with van der Waals surface area (Å²) in [5.41, 5.74) is 4.10. The van der Waals surface area contributed by atoms with E-state index in [1.165, 1.54) is 29.7 Å². The second kappa shape index (κ2) is 11.2. The fraction of sp³-hybridized carbons (Fsp3) is 0.462. The minimum atomic E-state index is -4.72. The van der Waals surface area contributed by atoms with Gasteiger partial charge in [-0.1, -0.05) is 17.7 Å². The molecule has 1 fully saturated rings. The van der Waals surface area contributed by atoms with Gasteiger partial charge in [0.05, 0.1) is 38.9 Å². The van der Waals surface area contributed by atoms with Gasteiger partial charge in [0.15, 0.2) is 0 Å². The molecule has 41 heavy (non-hydrogen) atoms. The van der Waals surface area contributed by atoms with Crippen LogP contribution < -0.4 is 21.3 Å². The van der Waals surface area contributed by atoms with E-state index in [2.05, 4.69) is 15.6 Å². The second-order valence-corrected chi connectivity index (χ2v) is 10.7. The van der Waals surface area contributed by atoms with Gasteiger partial charge < -0.3 is 25.8 Å². The number of imidazole rings is 1. The summed E-state index contributed by atoms with van der Waals surface area (Å²) in [5, 5.41) is 5.36. The van der Waals surface area contributed by atoms with Gasteiger partial charge in [0.1, 0.15) is 12.2 Å². The van der Waals surface area contributed by atoms with Crippen LogP contribution in [0.2, 0.25) is 5.02 Å². The van der Waals surface area contributed by atoms with Crippen molar-refractivity contribution in [1.29, 1.82) is 0 Å². The Morgan fingerprint density at radius 3 is 2.37 bits per heavy atom. The number of rotatable bonds is 7. The third-order valence-corrected chi connectivity index (χ3v) is 7.44. The van der Waals surface area contributed by atoms with E-state index in [9.17, 15) is 35.5 Å². The van der Waals surface area contributed by atoms with Crippen molar-refractivity contribution in [2.24, 2.45) is 18.7 Å². The van der Waals surface area contributed by atoms with Gasteiger partial charge in [-0.2, -0.15) is 26.3 Å². The second-order valence-electron chi connectivity index (χ2n) is 10.3. The summed E-state index contributed by atoms with van der Waals surface area (Å²) in [6, 6.07) is 6.38.